The van der Waals surface area contributed by atoms with Gasteiger partial charge in [-0.25, -0.2) is 0 Å². The van der Waals surface area contributed by atoms with Crippen molar-refractivity contribution in [3.8, 4) is 0 Å². The molecule has 3 rings (SSSR count). The van der Waals surface area contributed by atoms with Crippen LogP contribution >= 0.6 is 0 Å². The van der Waals surface area contributed by atoms with Crippen LogP contribution in [-0.2, 0) is 9.53 Å². The smallest absolute Gasteiger partial charge is 0.223 e. The Labute approximate surface area is 141 Å². The van der Waals surface area contributed by atoms with E-state index >= 15 is 0 Å². The number of nitrogens with one attached hydrogen (secondary N) is 1. The standard InChI is InChI=1S/C16H24N6O2/c1-2-24-11-3-8-17-16(23)13-6-9-21(10-7-13)15-5-4-14-19-18-12-22(14)20-15/h4-5,12-13H,2-3,6-11H2,1H3,(H,17,23). The molecular formula is C16H24N6O2. The van der Waals surface area contributed by atoms with Gasteiger partial charge in [0.2, 0.25) is 5.91 Å². The van der Waals surface area contributed by atoms with Gasteiger partial charge in [-0.15, -0.1) is 15.3 Å². The fourth-order valence-electron chi connectivity index (χ4n) is 2.93. The number of nitrogens with zero attached hydrogens (tertiary/aromatic N) is 5. The fourth-order valence-corrected chi connectivity index (χ4v) is 2.93. The summed E-state index contributed by atoms with van der Waals surface area (Å²) in [4.78, 5) is 14.4. The van der Waals surface area contributed by atoms with Gasteiger partial charge in [-0.1, -0.05) is 0 Å². The molecule has 1 aliphatic heterocycles. The van der Waals surface area contributed by atoms with Crippen LogP contribution in [0.3, 0.4) is 0 Å². The largest absolute Gasteiger partial charge is 0.382 e. The van der Waals surface area contributed by atoms with Crippen LogP contribution in [0.15, 0.2) is 18.5 Å². The van der Waals surface area contributed by atoms with Gasteiger partial charge in [0.1, 0.15) is 12.1 Å². The summed E-state index contributed by atoms with van der Waals surface area (Å²) in [5.74, 6) is 1.15. The number of fused-ring (bicyclic) bond motifs is 1. The molecule has 0 saturated carbocycles. The second-order valence-corrected chi connectivity index (χ2v) is 5.93. The van der Waals surface area contributed by atoms with Crippen molar-refractivity contribution in [1.29, 1.82) is 0 Å². The van der Waals surface area contributed by atoms with E-state index in [1.807, 2.05) is 19.1 Å². The molecule has 0 radical (unpaired) electrons. The summed E-state index contributed by atoms with van der Waals surface area (Å²) in [6.45, 7) is 5.75. The number of rotatable bonds is 7. The van der Waals surface area contributed by atoms with Gasteiger partial charge in [0, 0.05) is 38.8 Å². The predicted octanol–water partition coefficient (Wildman–Crippen LogP) is 0.884. The molecule has 2 aromatic rings. The quantitative estimate of drug-likeness (QED) is 0.758. The summed E-state index contributed by atoms with van der Waals surface area (Å²) in [7, 11) is 0. The van der Waals surface area contributed by atoms with E-state index in [2.05, 4.69) is 25.5 Å². The maximum Gasteiger partial charge on any atom is 0.223 e. The van der Waals surface area contributed by atoms with Crippen molar-refractivity contribution < 1.29 is 9.53 Å². The number of carbonyl (C=O) groups excluding carboxylic acids is 1. The van der Waals surface area contributed by atoms with Crippen LogP contribution in [-0.4, -0.2) is 58.6 Å². The van der Waals surface area contributed by atoms with E-state index < -0.39 is 0 Å². The topological polar surface area (TPSA) is 84.6 Å². The first-order chi connectivity index (χ1) is 11.8. The van der Waals surface area contributed by atoms with E-state index in [1.165, 1.54) is 0 Å². The lowest BCUT2D eigenvalue weighted by Crippen LogP contribution is -2.41. The number of aromatic nitrogens is 4. The molecule has 0 unspecified atom stereocenters. The third-order valence-electron chi connectivity index (χ3n) is 4.31. The fraction of sp³-hybridized carbons (Fsp3) is 0.625. The summed E-state index contributed by atoms with van der Waals surface area (Å²) in [5.41, 5.74) is 0.736. The zero-order valence-corrected chi connectivity index (χ0v) is 14.0. The zero-order chi connectivity index (χ0) is 16.8. The Balaban J connectivity index is 1.45. The van der Waals surface area contributed by atoms with Gasteiger partial charge in [0.15, 0.2) is 5.65 Å². The minimum Gasteiger partial charge on any atom is -0.382 e. The molecule has 24 heavy (non-hydrogen) atoms. The summed E-state index contributed by atoms with van der Waals surface area (Å²) >= 11 is 0. The van der Waals surface area contributed by atoms with E-state index in [4.69, 9.17) is 4.74 Å². The van der Waals surface area contributed by atoms with Gasteiger partial charge in [0.05, 0.1) is 0 Å². The highest BCUT2D eigenvalue weighted by Crippen LogP contribution is 2.22. The Kier molecular flexibility index (Phi) is 5.58. The van der Waals surface area contributed by atoms with Crippen molar-refractivity contribution in [2.45, 2.75) is 26.2 Å². The van der Waals surface area contributed by atoms with Crippen LogP contribution in [0.5, 0.6) is 0 Å². The van der Waals surface area contributed by atoms with E-state index in [1.54, 1.807) is 10.8 Å². The second-order valence-electron chi connectivity index (χ2n) is 5.93. The average molecular weight is 332 g/mol. The third-order valence-corrected chi connectivity index (χ3v) is 4.31. The van der Waals surface area contributed by atoms with Gasteiger partial charge < -0.3 is 15.0 Å². The molecule has 3 heterocycles. The SMILES string of the molecule is CCOCCCNC(=O)C1CCN(c2ccc3nncn3n2)CC1. The number of hydrogen-bond acceptors (Lipinski definition) is 6. The molecule has 8 heteroatoms. The zero-order valence-electron chi connectivity index (χ0n) is 14.0. The maximum atomic E-state index is 12.2. The Morgan fingerprint density at radius 3 is 3.00 bits per heavy atom. The first-order valence-electron chi connectivity index (χ1n) is 8.55. The van der Waals surface area contributed by atoms with E-state index in [-0.39, 0.29) is 11.8 Å². The number of anilines is 1. The maximum absolute atomic E-state index is 12.2. The number of carbonyl (C=O) groups is 1. The van der Waals surface area contributed by atoms with Crippen LogP contribution in [0.4, 0.5) is 5.82 Å². The Bertz CT molecular complexity index is 665. The normalized spacial score (nSPS) is 15.8. The molecule has 1 saturated heterocycles. The monoisotopic (exact) mass is 332 g/mol. The molecular weight excluding hydrogens is 308 g/mol. The third kappa shape index (κ3) is 4.00. The molecule has 1 N–H and O–H groups in total. The lowest BCUT2D eigenvalue weighted by atomic mass is 9.96. The number of amides is 1. The Morgan fingerprint density at radius 2 is 2.21 bits per heavy atom. The molecule has 130 valence electrons. The summed E-state index contributed by atoms with van der Waals surface area (Å²) in [6.07, 6.45) is 4.15. The number of hydrogen-bond donors (Lipinski definition) is 1. The summed E-state index contributed by atoms with van der Waals surface area (Å²) in [5, 5.41) is 15.3. The molecule has 0 bridgehead atoms. The highest BCUT2D eigenvalue weighted by molar-refractivity contribution is 5.78. The van der Waals surface area contributed by atoms with E-state index in [0.29, 0.717) is 13.2 Å². The molecule has 0 aromatic carbocycles. The number of piperidine rings is 1. The second kappa shape index (κ2) is 8.05. The lowest BCUT2D eigenvalue weighted by molar-refractivity contribution is -0.125. The molecule has 2 aromatic heterocycles. The molecule has 1 fully saturated rings. The van der Waals surface area contributed by atoms with Crippen molar-refractivity contribution in [1.82, 2.24) is 25.1 Å². The van der Waals surface area contributed by atoms with Crippen molar-refractivity contribution in [3.63, 3.8) is 0 Å². The van der Waals surface area contributed by atoms with Gasteiger partial charge in [-0.3, -0.25) is 4.79 Å². The predicted molar refractivity (Wildman–Crippen MR) is 89.8 cm³/mol. The van der Waals surface area contributed by atoms with Gasteiger partial charge in [-0.2, -0.15) is 4.52 Å². The van der Waals surface area contributed by atoms with Crippen LogP contribution in [0.1, 0.15) is 26.2 Å². The van der Waals surface area contributed by atoms with Crippen molar-refractivity contribution in [3.05, 3.63) is 18.5 Å². The van der Waals surface area contributed by atoms with E-state index in [0.717, 1.165) is 50.4 Å². The van der Waals surface area contributed by atoms with Crippen molar-refractivity contribution in [2.24, 2.45) is 5.92 Å². The number of ether oxygens (including phenoxy) is 1. The first kappa shape index (κ1) is 16.6. The van der Waals surface area contributed by atoms with Crippen LogP contribution in [0.2, 0.25) is 0 Å². The Morgan fingerprint density at radius 1 is 1.38 bits per heavy atom. The van der Waals surface area contributed by atoms with Crippen LogP contribution < -0.4 is 10.2 Å². The molecule has 0 aliphatic carbocycles. The van der Waals surface area contributed by atoms with Gasteiger partial charge >= 0.3 is 0 Å². The van der Waals surface area contributed by atoms with Crippen LogP contribution in [0.25, 0.3) is 5.65 Å². The summed E-state index contributed by atoms with van der Waals surface area (Å²) < 4.78 is 6.95. The molecule has 0 spiro atoms. The van der Waals surface area contributed by atoms with Crippen molar-refractivity contribution in [2.75, 3.05) is 37.7 Å². The minimum absolute atomic E-state index is 0.0898. The minimum atomic E-state index is 0.0898. The van der Waals surface area contributed by atoms with Gasteiger partial charge in [0.25, 0.3) is 0 Å². The summed E-state index contributed by atoms with van der Waals surface area (Å²) in [6, 6.07) is 3.87. The first-order valence-corrected chi connectivity index (χ1v) is 8.55. The lowest BCUT2D eigenvalue weighted by Gasteiger charge is -2.32. The molecule has 0 atom stereocenters. The molecule has 8 nitrogen and oxygen atoms in total. The van der Waals surface area contributed by atoms with E-state index in [9.17, 15) is 4.79 Å². The molecule has 1 aliphatic rings. The molecule has 1 amide bonds. The van der Waals surface area contributed by atoms with Crippen LogP contribution in [0, 0.1) is 5.92 Å². The highest BCUT2D eigenvalue weighted by atomic mass is 16.5. The average Bonchev–Trinajstić information content (AvgIpc) is 3.09. The highest BCUT2D eigenvalue weighted by Gasteiger charge is 2.25. The van der Waals surface area contributed by atoms with Crippen molar-refractivity contribution >= 4 is 17.4 Å². The van der Waals surface area contributed by atoms with Gasteiger partial charge in [-0.05, 0) is 38.3 Å². The Hall–Kier alpha value is -2.22.